The second kappa shape index (κ2) is 8.94. The molecule has 1 heterocycles. The van der Waals surface area contributed by atoms with Crippen LogP contribution in [-0.4, -0.2) is 26.3 Å². The van der Waals surface area contributed by atoms with Crippen LogP contribution >= 0.6 is 11.8 Å². The minimum atomic E-state index is -0.862. The summed E-state index contributed by atoms with van der Waals surface area (Å²) in [6.07, 6.45) is 1.64. The van der Waals surface area contributed by atoms with Gasteiger partial charge in [0, 0.05) is 18.8 Å². The molecule has 0 spiro atoms. The molecular weight excluding hydrogens is 391 g/mol. The van der Waals surface area contributed by atoms with E-state index in [0.29, 0.717) is 23.5 Å². The molecular formula is C19H16F3N3O2S. The van der Waals surface area contributed by atoms with E-state index in [1.807, 2.05) is 0 Å². The largest absolute Gasteiger partial charge is 0.390 e. The zero-order chi connectivity index (χ0) is 20.1. The highest BCUT2D eigenvalue weighted by atomic mass is 32.2. The zero-order valence-corrected chi connectivity index (χ0v) is 15.3. The second-order valence-electron chi connectivity index (χ2n) is 5.89. The Bertz CT molecular complexity index is 977. The second-order valence-corrected chi connectivity index (χ2v) is 6.83. The van der Waals surface area contributed by atoms with Gasteiger partial charge in [-0.2, -0.15) is 0 Å². The molecule has 0 aliphatic rings. The fourth-order valence-electron chi connectivity index (χ4n) is 2.45. The summed E-state index contributed by atoms with van der Waals surface area (Å²) in [6.45, 7) is 0.112. The number of aliphatic hydroxyl groups excluding tert-OH is 1. The first-order valence-electron chi connectivity index (χ1n) is 8.23. The topological polar surface area (TPSA) is 67.1 Å². The number of hydrogen-bond donors (Lipinski definition) is 2. The average molecular weight is 407 g/mol. The van der Waals surface area contributed by atoms with Gasteiger partial charge >= 0.3 is 0 Å². The molecule has 9 heteroatoms. The lowest BCUT2D eigenvalue weighted by Crippen LogP contribution is -2.15. The van der Waals surface area contributed by atoms with Gasteiger partial charge in [-0.15, -0.1) is 0 Å². The Kier molecular flexibility index (Phi) is 6.37. The number of rotatable bonds is 7. The maximum Gasteiger partial charge on any atom is 0.234 e. The maximum absolute atomic E-state index is 13.6. The van der Waals surface area contributed by atoms with Crippen molar-refractivity contribution in [3.63, 3.8) is 0 Å². The third-order valence-electron chi connectivity index (χ3n) is 3.76. The van der Waals surface area contributed by atoms with Crippen molar-refractivity contribution >= 4 is 23.4 Å². The van der Waals surface area contributed by atoms with Crippen LogP contribution in [0, 0.1) is 17.5 Å². The Hall–Kier alpha value is -2.78. The van der Waals surface area contributed by atoms with Gasteiger partial charge < -0.3 is 15.0 Å². The molecule has 5 nitrogen and oxygen atoms in total. The molecule has 1 aromatic heterocycles. The Balaban J connectivity index is 1.66. The van der Waals surface area contributed by atoms with E-state index in [1.165, 1.54) is 12.1 Å². The number of aliphatic hydroxyl groups is 1. The SMILES string of the molecule is O=C(CSc1nc(CO)cn1Cc1ccc(F)cc1)Nc1ccc(F)cc1F. The number of imidazole rings is 1. The molecule has 28 heavy (non-hydrogen) atoms. The summed E-state index contributed by atoms with van der Waals surface area (Å²) in [4.78, 5) is 16.3. The quantitative estimate of drug-likeness (QED) is 0.588. The van der Waals surface area contributed by atoms with E-state index in [4.69, 9.17) is 0 Å². The molecule has 1 amide bonds. The van der Waals surface area contributed by atoms with Crippen molar-refractivity contribution in [3.05, 3.63) is 77.4 Å². The molecule has 0 saturated carbocycles. The molecule has 0 saturated heterocycles. The Morgan fingerprint density at radius 2 is 1.82 bits per heavy atom. The number of halogens is 3. The van der Waals surface area contributed by atoms with Gasteiger partial charge in [-0.1, -0.05) is 23.9 Å². The van der Waals surface area contributed by atoms with Crippen molar-refractivity contribution in [2.75, 3.05) is 11.1 Å². The monoisotopic (exact) mass is 407 g/mol. The molecule has 0 radical (unpaired) electrons. The molecule has 0 unspecified atom stereocenters. The number of carbonyl (C=O) groups is 1. The van der Waals surface area contributed by atoms with Gasteiger partial charge in [-0.3, -0.25) is 4.79 Å². The lowest BCUT2D eigenvalue weighted by atomic mass is 10.2. The molecule has 3 aromatic rings. The molecule has 0 fully saturated rings. The van der Waals surface area contributed by atoms with Gasteiger partial charge in [-0.25, -0.2) is 18.2 Å². The maximum atomic E-state index is 13.6. The fraction of sp³-hybridized carbons (Fsp3) is 0.158. The fourth-order valence-corrected chi connectivity index (χ4v) is 3.25. The summed E-state index contributed by atoms with van der Waals surface area (Å²) in [5.74, 6) is -2.49. The number of anilines is 1. The summed E-state index contributed by atoms with van der Waals surface area (Å²) < 4.78 is 41.3. The molecule has 2 N–H and O–H groups in total. The third-order valence-corrected chi connectivity index (χ3v) is 4.75. The molecule has 146 valence electrons. The van der Waals surface area contributed by atoms with E-state index in [2.05, 4.69) is 10.3 Å². The van der Waals surface area contributed by atoms with Crippen molar-refractivity contribution in [1.29, 1.82) is 0 Å². The minimum absolute atomic E-state index is 0.0673. The Morgan fingerprint density at radius 3 is 2.50 bits per heavy atom. The number of thioether (sulfide) groups is 1. The first-order valence-corrected chi connectivity index (χ1v) is 9.22. The van der Waals surface area contributed by atoms with Crippen LogP contribution in [0.15, 0.2) is 53.8 Å². The van der Waals surface area contributed by atoms with Crippen molar-refractivity contribution in [2.45, 2.75) is 18.3 Å². The van der Waals surface area contributed by atoms with Crippen LogP contribution in [-0.2, 0) is 17.9 Å². The van der Waals surface area contributed by atoms with Gasteiger partial charge in [0.2, 0.25) is 5.91 Å². The van der Waals surface area contributed by atoms with Gasteiger partial charge in [0.05, 0.1) is 23.7 Å². The summed E-state index contributed by atoms with van der Waals surface area (Å²) >= 11 is 1.10. The third kappa shape index (κ3) is 5.14. The molecule has 3 rings (SSSR count). The first-order chi connectivity index (χ1) is 13.4. The zero-order valence-electron chi connectivity index (χ0n) is 14.5. The highest BCUT2D eigenvalue weighted by Crippen LogP contribution is 2.21. The summed E-state index contributed by atoms with van der Waals surface area (Å²) in [6, 6.07) is 8.83. The van der Waals surface area contributed by atoms with E-state index in [-0.39, 0.29) is 23.9 Å². The molecule has 0 aliphatic heterocycles. The summed E-state index contributed by atoms with van der Waals surface area (Å²) in [7, 11) is 0. The Labute approximate surface area is 163 Å². The van der Waals surface area contributed by atoms with Crippen molar-refractivity contribution in [1.82, 2.24) is 9.55 Å². The lowest BCUT2D eigenvalue weighted by Gasteiger charge is -2.09. The van der Waals surface area contributed by atoms with Gasteiger partial charge in [0.25, 0.3) is 0 Å². The predicted molar refractivity (Wildman–Crippen MR) is 99.4 cm³/mol. The summed E-state index contributed by atoms with van der Waals surface area (Å²) in [5.41, 5.74) is 1.13. The minimum Gasteiger partial charge on any atom is -0.390 e. The number of benzene rings is 2. The molecule has 0 aliphatic carbocycles. The lowest BCUT2D eigenvalue weighted by molar-refractivity contribution is -0.113. The van der Waals surface area contributed by atoms with E-state index in [9.17, 15) is 23.1 Å². The summed E-state index contributed by atoms with van der Waals surface area (Å²) in [5, 5.41) is 12.2. The van der Waals surface area contributed by atoms with Gasteiger partial charge in [0.1, 0.15) is 17.5 Å². The van der Waals surface area contributed by atoms with Gasteiger partial charge in [0.15, 0.2) is 5.16 Å². The predicted octanol–water partition coefficient (Wildman–Crippen LogP) is 3.57. The van der Waals surface area contributed by atoms with E-state index in [1.54, 1.807) is 22.9 Å². The number of carbonyl (C=O) groups excluding carboxylic acids is 1. The normalized spacial score (nSPS) is 10.9. The first kappa shape index (κ1) is 20.0. The number of nitrogens with one attached hydrogen (secondary N) is 1. The smallest absolute Gasteiger partial charge is 0.234 e. The van der Waals surface area contributed by atoms with Crippen molar-refractivity contribution in [2.24, 2.45) is 0 Å². The number of amides is 1. The van der Waals surface area contributed by atoms with Crippen molar-refractivity contribution in [3.8, 4) is 0 Å². The van der Waals surface area contributed by atoms with Crippen LogP contribution in [0.25, 0.3) is 0 Å². The standard InChI is InChI=1S/C19H16F3N3O2S/c20-13-3-1-12(2-4-13)8-25-9-15(10-26)23-19(25)28-11-18(27)24-17-6-5-14(21)7-16(17)22/h1-7,9,26H,8,10-11H2,(H,24,27). The van der Waals surface area contributed by atoms with E-state index >= 15 is 0 Å². The van der Waals surface area contributed by atoms with Crippen LogP contribution < -0.4 is 5.32 Å². The molecule has 0 bridgehead atoms. The highest BCUT2D eigenvalue weighted by Gasteiger charge is 2.13. The Morgan fingerprint density at radius 1 is 1.11 bits per heavy atom. The van der Waals surface area contributed by atoms with Crippen LogP contribution in [0.2, 0.25) is 0 Å². The van der Waals surface area contributed by atoms with Crippen LogP contribution in [0.3, 0.4) is 0 Å². The van der Waals surface area contributed by atoms with Crippen molar-refractivity contribution < 1.29 is 23.1 Å². The van der Waals surface area contributed by atoms with E-state index in [0.717, 1.165) is 29.5 Å². The van der Waals surface area contributed by atoms with Crippen LogP contribution in [0.5, 0.6) is 0 Å². The van der Waals surface area contributed by atoms with E-state index < -0.39 is 17.5 Å². The highest BCUT2D eigenvalue weighted by molar-refractivity contribution is 7.99. The molecule has 2 aromatic carbocycles. The number of aromatic nitrogens is 2. The number of hydrogen-bond acceptors (Lipinski definition) is 4. The number of nitrogens with zero attached hydrogens (tertiary/aromatic N) is 2. The molecule has 0 atom stereocenters. The van der Waals surface area contributed by atoms with Crippen LogP contribution in [0.1, 0.15) is 11.3 Å². The van der Waals surface area contributed by atoms with Gasteiger partial charge in [-0.05, 0) is 29.8 Å². The average Bonchev–Trinajstić information content (AvgIpc) is 3.06. The van der Waals surface area contributed by atoms with Crippen LogP contribution in [0.4, 0.5) is 18.9 Å².